The van der Waals surface area contributed by atoms with Crippen molar-refractivity contribution in [1.82, 2.24) is 0 Å². The fraction of sp³-hybridized carbons (Fsp3) is 0.0714. The van der Waals surface area contributed by atoms with Crippen LogP contribution in [0.5, 0.6) is 0 Å². The number of halogens is 4. The third kappa shape index (κ3) is 2.88. The molecule has 0 aromatic heterocycles. The van der Waals surface area contributed by atoms with Crippen molar-refractivity contribution in [2.45, 2.75) is 6.54 Å². The topological polar surface area (TPSA) is 35.8 Å². The van der Waals surface area contributed by atoms with Gasteiger partial charge in [0.2, 0.25) is 0 Å². The van der Waals surface area contributed by atoms with E-state index in [9.17, 15) is 17.6 Å². The zero-order valence-electron chi connectivity index (χ0n) is 10.1. The molecule has 102 valence electrons. The Kier molecular flexibility index (Phi) is 3.89. The van der Waals surface area contributed by atoms with Gasteiger partial charge in [0.1, 0.15) is 5.82 Å². The van der Waals surface area contributed by atoms with E-state index in [1.54, 1.807) is 0 Å². The smallest absolute Gasteiger partial charge is 0.194 e. The maximum absolute atomic E-state index is 13.5. The molecule has 0 amide bonds. The number of anilines is 1. The van der Waals surface area contributed by atoms with Crippen LogP contribution in [0.2, 0.25) is 0 Å². The Hall–Kier alpha value is -2.55. The van der Waals surface area contributed by atoms with Crippen LogP contribution in [0.4, 0.5) is 23.2 Å². The summed E-state index contributed by atoms with van der Waals surface area (Å²) < 4.78 is 52.2. The Morgan fingerprint density at radius 2 is 1.60 bits per heavy atom. The van der Waals surface area contributed by atoms with Crippen molar-refractivity contribution in [2.75, 3.05) is 5.32 Å². The number of nitrogens with one attached hydrogen (secondary N) is 1. The molecule has 6 heteroatoms. The summed E-state index contributed by atoms with van der Waals surface area (Å²) in [5, 5.41) is 11.3. The number of hydrogen-bond donors (Lipinski definition) is 1. The standard InChI is InChI=1S/C14H8F4N2/c15-11-2-1-8(6-19)3-9(11)7-20-10-4-12(16)14(18)13(17)5-10/h1-5,20H,7H2. The summed E-state index contributed by atoms with van der Waals surface area (Å²) in [6.45, 7) is -0.0914. The number of hydrogen-bond acceptors (Lipinski definition) is 2. The molecule has 0 spiro atoms. The fourth-order valence-corrected chi connectivity index (χ4v) is 1.63. The normalized spacial score (nSPS) is 10.2. The minimum atomic E-state index is -1.56. The lowest BCUT2D eigenvalue weighted by atomic mass is 10.1. The van der Waals surface area contributed by atoms with Crippen molar-refractivity contribution in [3.05, 3.63) is 64.7 Å². The number of benzene rings is 2. The summed E-state index contributed by atoms with van der Waals surface area (Å²) in [4.78, 5) is 0. The molecule has 2 aromatic rings. The summed E-state index contributed by atoms with van der Waals surface area (Å²) in [5.74, 6) is -4.79. The second-order valence-corrected chi connectivity index (χ2v) is 4.03. The lowest BCUT2D eigenvalue weighted by Crippen LogP contribution is -2.04. The first-order chi connectivity index (χ1) is 9.51. The van der Waals surface area contributed by atoms with Gasteiger partial charge in [-0.2, -0.15) is 5.26 Å². The van der Waals surface area contributed by atoms with E-state index in [0.717, 1.165) is 18.2 Å². The highest BCUT2D eigenvalue weighted by molar-refractivity contribution is 5.45. The molecule has 0 atom stereocenters. The van der Waals surface area contributed by atoms with E-state index in [4.69, 9.17) is 5.26 Å². The molecule has 0 unspecified atom stereocenters. The van der Waals surface area contributed by atoms with E-state index in [1.165, 1.54) is 12.1 Å². The molecule has 2 aromatic carbocycles. The van der Waals surface area contributed by atoms with E-state index in [1.807, 2.05) is 6.07 Å². The second-order valence-electron chi connectivity index (χ2n) is 4.03. The zero-order valence-corrected chi connectivity index (χ0v) is 10.1. The quantitative estimate of drug-likeness (QED) is 0.687. The molecule has 0 aliphatic heterocycles. The molecule has 0 aliphatic rings. The van der Waals surface area contributed by atoms with E-state index < -0.39 is 23.3 Å². The van der Waals surface area contributed by atoms with Crippen LogP contribution in [-0.2, 0) is 6.54 Å². The number of nitriles is 1. The van der Waals surface area contributed by atoms with Crippen LogP contribution in [0.1, 0.15) is 11.1 Å². The van der Waals surface area contributed by atoms with Crippen LogP contribution in [-0.4, -0.2) is 0 Å². The first kappa shape index (κ1) is 13.9. The molecular weight excluding hydrogens is 272 g/mol. The number of rotatable bonds is 3. The lowest BCUT2D eigenvalue weighted by Gasteiger charge is -2.08. The Morgan fingerprint density at radius 3 is 2.20 bits per heavy atom. The van der Waals surface area contributed by atoms with Gasteiger partial charge in [0.25, 0.3) is 0 Å². The summed E-state index contributed by atoms with van der Waals surface area (Å²) in [6.07, 6.45) is 0. The average molecular weight is 280 g/mol. The van der Waals surface area contributed by atoms with Gasteiger partial charge in [0.05, 0.1) is 11.6 Å². The molecule has 2 nitrogen and oxygen atoms in total. The van der Waals surface area contributed by atoms with Crippen LogP contribution in [0.3, 0.4) is 0 Å². The Bertz CT molecular complexity index is 669. The van der Waals surface area contributed by atoms with E-state index >= 15 is 0 Å². The van der Waals surface area contributed by atoms with Crippen molar-refractivity contribution < 1.29 is 17.6 Å². The van der Waals surface area contributed by atoms with Gasteiger partial charge in [0, 0.05) is 29.9 Å². The highest BCUT2D eigenvalue weighted by Gasteiger charge is 2.11. The Balaban J connectivity index is 2.19. The second kappa shape index (κ2) is 5.61. The predicted octanol–water partition coefficient (Wildman–Crippen LogP) is 3.73. The predicted molar refractivity (Wildman–Crippen MR) is 64.8 cm³/mol. The molecule has 2 rings (SSSR count). The van der Waals surface area contributed by atoms with E-state index in [0.29, 0.717) is 0 Å². The minimum absolute atomic E-state index is 0.0249. The first-order valence-corrected chi connectivity index (χ1v) is 5.58. The monoisotopic (exact) mass is 280 g/mol. The minimum Gasteiger partial charge on any atom is -0.381 e. The molecule has 1 N–H and O–H groups in total. The summed E-state index contributed by atoms with van der Waals surface area (Å²) >= 11 is 0. The van der Waals surface area contributed by atoms with Crippen LogP contribution in [0.25, 0.3) is 0 Å². The average Bonchev–Trinajstić information content (AvgIpc) is 2.43. The van der Waals surface area contributed by atoms with Gasteiger partial charge in [0.15, 0.2) is 17.5 Å². The Morgan fingerprint density at radius 1 is 0.950 bits per heavy atom. The van der Waals surface area contributed by atoms with E-state index in [-0.39, 0.29) is 23.4 Å². The first-order valence-electron chi connectivity index (χ1n) is 5.58. The number of nitrogens with zero attached hydrogens (tertiary/aromatic N) is 1. The van der Waals surface area contributed by atoms with Crippen molar-refractivity contribution in [3.8, 4) is 6.07 Å². The van der Waals surface area contributed by atoms with Gasteiger partial charge in [-0.05, 0) is 18.2 Å². The molecule has 0 saturated heterocycles. The van der Waals surface area contributed by atoms with Crippen molar-refractivity contribution in [3.63, 3.8) is 0 Å². The maximum atomic E-state index is 13.5. The third-order valence-electron chi connectivity index (χ3n) is 2.64. The fourth-order valence-electron chi connectivity index (χ4n) is 1.63. The summed E-state index contributed by atoms with van der Waals surface area (Å²) in [7, 11) is 0. The van der Waals surface area contributed by atoms with E-state index in [2.05, 4.69) is 5.32 Å². The molecule has 0 saturated carbocycles. The van der Waals surface area contributed by atoms with Crippen LogP contribution >= 0.6 is 0 Å². The lowest BCUT2D eigenvalue weighted by molar-refractivity contribution is 0.447. The zero-order chi connectivity index (χ0) is 14.7. The SMILES string of the molecule is N#Cc1ccc(F)c(CNc2cc(F)c(F)c(F)c2)c1. The third-order valence-corrected chi connectivity index (χ3v) is 2.64. The molecule has 0 fully saturated rings. The van der Waals surface area contributed by atoms with Crippen molar-refractivity contribution >= 4 is 5.69 Å². The van der Waals surface area contributed by atoms with Crippen molar-refractivity contribution in [2.24, 2.45) is 0 Å². The van der Waals surface area contributed by atoms with Crippen molar-refractivity contribution in [1.29, 1.82) is 5.26 Å². The molecule has 0 aliphatic carbocycles. The van der Waals surface area contributed by atoms with Gasteiger partial charge in [-0.1, -0.05) is 0 Å². The molecular formula is C14H8F4N2. The van der Waals surface area contributed by atoms with Crippen LogP contribution < -0.4 is 5.32 Å². The highest BCUT2D eigenvalue weighted by atomic mass is 19.2. The van der Waals surface area contributed by atoms with Gasteiger partial charge >= 0.3 is 0 Å². The van der Waals surface area contributed by atoms with Gasteiger partial charge < -0.3 is 5.32 Å². The largest absolute Gasteiger partial charge is 0.381 e. The highest BCUT2D eigenvalue weighted by Crippen LogP contribution is 2.19. The van der Waals surface area contributed by atoms with Gasteiger partial charge in [-0.15, -0.1) is 0 Å². The van der Waals surface area contributed by atoms with Gasteiger partial charge in [-0.3, -0.25) is 0 Å². The summed E-state index contributed by atoms with van der Waals surface area (Å²) in [6, 6.07) is 7.15. The molecule has 0 heterocycles. The molecule has 20 heavy (non-hydrogen) atoms. The van der Waals surface area contributed by atoms with Crippen LogP contribution in [0.15, 0.2) is 30.3 Å². The van der Waals surface area contributed by atoms with Gasteiger partial charge in [-0.25, -0.2) is 17.6 Å². The Labute approximate surface area is 112 Å². The summed E-state index contributed by atoms with van der Waals surface area (Å²) in [5.41, 5.74) is 0.400. The van der Waals surface area contributed by atoms with Crippen LogP contribution in [0, 0.1) is 34.6 Å². The maximum Gasteiger partial charge on any atom is 0.194 e. The molecule has 0 bridgehead atoms. The molecule has 0 radical (unpaired) electrons.